The third kappa shape index (κ3) is 4.43. The molecule has 1 aliphatic rings. The number of hydrogen-bond acceptors (Lipinski definition) is 4. The molecule has 0 aliphatic carbocycles. The molecule has 0 saturated carbocycles. The molecule has 1 aromatic rings. The van der Waals surface area contributed by atoms with Crippen LogP contribution in [0.4, 0.5) is 11.4 Å². The summed E-state index contributed by atoms with van der Waals surface area (Å²) in [7, 11) is 1.80. The molecule has 122 valence electrons. The molecule has 6 nitrogen and oxygen atoms in total. The normalized spacial score (nSPS) is 18.6. The zero-order valence-electron chi connectivity index (χ0n) is 13.5. The number of anilines is 2. The number of amides is 1. The molecule has 0 bridgehead atoms. The molecular weight excluding hydrogens is 290 g/mol. The number of hydrogen-bond donors (Lipinski definition) is 3. The van der Waals surface area contributed by atoms with Gasteiger partial charge in [0.2, 0.25) is 5.91 Å². The highest BCUT2D eigenvalue weighted by atomic mass is 16.2. The molecule has 23 heavy (non-hydrogen) atoms. The number of amidine groups is 1. The van der Waals surface area contributed by atoms with E-state index in [9.17, 15) is 4.79 Å². The topological polar surface area (TPSA) is 82.8 Å². The summed E-state index contributed by atoms with van der Waals surface area (Å²) in [5, 5.41) is 6.12. The molecule has 2 rings (SSSR count). The minimum absolute atomic E-state index is 0.0268. The fourth-order valence-electron chi connectivity index (χ4n) is 2.27. The number of nitrogens with two attached hydrogens (primary N) is 1. The van der Waals surface area contributed by atoms with Crippen LogP contribution in [0.5, 0.6) is 0 Å². The smallest absolute Gasteiger partial charge is 0.243 e. The maximum atomic E-state index is 12.0. The first-order valence-electron chi connectivity index (χ1n) is 7.53. The summed E-state index contributed by atoms with van der Waals surface area (Å²) in [5.41, 5.74) is 8.27. The fourth-order valence-corrected chi connectivity index (χ4v) is 2.27. The van der Waals surface area contributed by atoms with Gasteiger partial charge in [-0.05, 0) is 37.6 Å². The van der Waals surface area contributed by atoms with Gasteiger partial charge in [0.25, 0.3) is 0 Å². The number of allylic oxidation sites excluding steroid dienone is 1. The quantitative estimate of drug-likeness (QED) is 0.440. The molecule has 0 aromatic heterocycles. The van der Waals surface area contributed by atoms with Crippen molar-refractivity contribution in [1.29, 1.82) is 0 Å². The summed E-state index contributed by atoms with van der Waals surface area (Å²) in [4.78, 5) is 18.0. The Morgan fingerprint density at radius 2 is 2.30 bits per heavy atom. The largest absolute Gasteiger partial charge is 0.389 e. The molecule has 1 unspecified atom stereocenters. The van der Waals surface area contributed by atoms with Crippen LogP contribution in [0.3, 0.4) is 0 Å². The maximum Gasteiger partial charge on any atom is 0.243 e. The molecule has 4 N–H and O–H groups in total. The van der Waals surface area contributed by atoms with E-state index in [1.54, 1.807) is 24.2 Å². The first-order chi connectivity index (χ1) is 11.0. The number of aliphatic imine (C=N–C) groups is 1. The second-order valence-corrected chi connectivity index (χ2v) is 5.37. The highest BCUT2D eigenvalue weighted by Crippen LogP contribution is 2.24. The van der Waals surface area contributed by atoms with Crippen molar-refractivity contribution in [3.8, 4) is 0 Å². The zero-order chi connectivity index (χ0) is 16.8. The number of carbonyl (C=O) groups excluding carboxylic acids is 1. The summed E-state index contributed by atoms with van der Waals surface area (Å²) in [5.74, 6) is 0.716. The lowest BCUT2D eigenvalue weighted by molar-refractivity contribution is -0.118. The van der Waals surface area contributed by atoms with Crippen molar-refractivity contribution < 1.29 is 4.79 Å². The van der Waals surface area contributed by atoms with Crippen LogP contribution in [0.25, 0.3) is 0 Å². The van der Waals surface area contributed by atoms with Crippen LogP contribution in [0.1, 0.15) is 13.3 Å². The Morgan fingerprint density at radius 3 is 2.96 bits per heavy atom. The van der Waals surface area contributed by atoms with Crippen LogP contribution in [-0.2, 0) is 4.79 Å². The van der Waals surface area contributed by atoms with Gasteiger partial charge in [0.15, 0.2) is 0 Å². The summed E-state index contributed by atoms with van der Waals surface area (Å²) >= 11 is 0. The van der Waals surface area contributed by atoms with Crippen molar-refractivity contribution in [2.45, 2.75) is 19.4 Å². The molecule has 0 radical (unpaired) electrons. The molecule has 0 spiro atoms. The van der Waals surface area contributed by atoms with Gasteiger partial charge in [0.05, 0.1) is 6.04 Å². The van der Waals surface area contributed by atoms with E-state index in [1.165, 1.54) is 0 Å². The zero-order valence-corrected chi connectivity index (χ0v) is 13.5. The Kier molecular flexibility index (Phi) is 5.54. The molecule has 6 heteroatoms. The highest BCUT2D eigenvalue weighted by molar-refractivity contribution is 6.00. The van der Waals surface area contributed by atoms with Gasteiger partial charge < -0.3 is 21.3 Å². The second kappa shape index (κ2) is 7.60. The lowest BCUT2D eigenvalue weighted by Gasteiger charge is -2.17. The van der Waals surface area contributed by atoms with Crippen molar-refractivity contribution in [2.24, 2.45) is 10.7 Å². The molecule has 1 aromatic carbocycles. The van der Waals surface area contributed by atoms with Gasteiger partial charge in [-0.2, -0.15) is 0 Å². The number of rotatable bonds is 5. The predicted octanol–water partition coefficient (Wildman–Crippen LogP) is 1.83. The van der Waals surface area contributed by atoms with Gasteiger partial charge in [-0.15, -0.1) is 0 Å². The summed E-state index contributed by atoms with van der Waals surface area (Å²) < 4.78 is 0. The van der Waals surface area contributed by atoms with E-state index in [1.807, 2.05) is 31.2 Å². The second-order valence-electron chi connectivity index (χ2n) is 5.37. The van der Waals surface area contributed by atoms with Crippen LogP contribution < -0.4 is 21.3 Å². The molecular formula is C17H23N5O. The minimum atomic E-state index is -0.389. The number of nitrogens with zero attached hydrogens (tertiary/aromatic N) is 2. The molecule has 1 aliphatic heterocycles. The summed E-state index contributed by atoms with van der Waals surface area (Å²) in [6.45, 7) is 6.32. The SMILES string of the molecule is C=C(/C=C\N=C(/C)Nc1cccc(N2CCC(N)C2=O)c1)NC. The average Bonchev–Trinajstić information content (AvgIpc) is 2.87. The Morgan fingerprint density at radius 1 is 1.52 bits per heavy atom. The third-order valence-electron chi connectivity index (χ3n) is 3.60. The van der Waals surface area contributed by atoms with E-state index < -0.39 is 0 Å². The standard InChI is InChI=1S/C17H23N5O/c1-12(19-3)7-9-20-13(2)21-14-5-4-6-15(11-14)22-10-8-16(18)17(22)23/h4-7,9,11,16,19H,1,8,10,18H2,2-3H3,(H,20,21)/b9-7-. The summed E-state index contributed by atoms with van der Waals surface area (Å²) in [6.07, 6.45) is 4.15. The van der Waals surface area contributed by atoms with Crippen molar-refractivity contribution in [2.75, 3.05) is 23.8 Å². The summed E-state index contributed by atoms with van der Waals surface area (Å²) in [6, 6.07) is 7.27. The van der Waals surface area contributed by atoms with Crippen LogP contribution in [0.15, 0.2) is 53.8 Å². The van der Waals surface area contributed by atoms with Gasteiger partial charge in [0, 0.05) is 36.9 Å². The van der Waals surface area contributed by atoms with Gasteiger partial charge in [-0.1, -0.05) is 12.6 Å². The van der Waals surface area contributed by atoms with Crippen molar-refractivity contribution in [3.63, 3.8) is 0 Å². The first kappa shape index (κ1) is 16.8. The lowest BCUT2D eigenvalue weighted by Crippen LogP contribution is -2.33. The van der Waals surface area contributed by atoms with Crippen LogP contribution >= 0.6 is 0 Å². The highest BCUT2D eigenvalue weighted by Gasteiger charge is 2.29. The van der Waals surface area contributed by atoms with E-state index >= 15 is 0 Å². The van der Waals surface area contributed by atoms with Crippen LogP contribution in [0.2, 0.25) is 0 Å². The molecule has 1 fully saturated rings. The average molecular weight is 313 g/mol. The molecule has 1 atom stereocenters. The van der Waals surface area contributed by atoms with E-state index in [0.29, 0.717) is 13.0 Å². The van der Waals surface area contributed by atoms with E-state index in [0.717, 1.165) is 22.9 Å². The van der Waals surface area contributed by atoms with Gasteiger partial charge >= 0.3 is 0 Å². The maximum absolute atomic E-state index is 12.0. The molecule has 1 amide bonds. The lowest BCUT2D eigenvalue weighted by atomic mass is 10.2. The van der Waals surface area contributed by atoms with Crippen LogP contribution in [0, 0.1) is 0 Å². The van der Waals surface area contributed by atoms with E-state index in [-0.39, 0.29) is 11.9 Å². The number of benzene rings is 1. The van der Waals surface area contributed by atoms with Crippen molar-refractivity contribution in [3.05, 3.63) is 48.8 Å². The first-order valence-corrected chi connectivity index (χ1v) is 7.53. The number of carbonyl (C=O) groups is 1. The number of nitrogens with one attached hydrogen (secondary N) is 2. The Labute approximate surface area is 136 Å². The molecule has 1 saturated heterocycles. The van der Waals surface area contributed by atoms with Crippen molar-refractivity contribution >= 4 is 23.1 Å². The Balaban J connectivity index is 2.05. The predicted molar refractivity (Wildman–Crippen MR) is 95.5 cm³/mol. The van der Waals surface area contributed by atoms with E-state index in [2.05, 4.69) is 22.2 Å². The van der Waals surface area contributed by atoms with E-state index in [4.69, 9.17) is 5.73 Å². The Hall–Kier alpha value is -2.60. The van der Waals surface area contributed by atoms with Gasteiger partial charge in [0.1, 0.15) is 5.84 Å². The van der Waals surface area contributed by atoms with Gasteiger partial charge in [-0.25, -0.2) is 4.99 Å². The third-order valence-corrected chi connectivity index (χ3v) is 3.60. The van der Waals surface area contributed by atoms with Crippen LogP contribution in [-0.4, -0.2) is 31.4 Å². The van der Waals surface area contributed by atoms with Crippen molar-refractivity contribution in [1.82, 2.24) is 5.32 Å². The monoisotopic (exact) mass is 313 g/mol. The fraction of sp³-hybridized carbons (Fsp3) is 0.294. The molecule has 1 heterocycles. The van der Waals surface area contributed by atoms with Gasteiger partial charge in [-0.3, -0.25) is 4.79 Å². The number of likely N-dealkylation sites (N-methyl/N-ethyl adjacent to an activating group) is 1. The minimum Gasteiger partial charge on any atom is -0.389 e. The Bertz CT molecular complexity index is 650.